The van der Waals surface area contributed by atoms with Gasteiger partial charge in [-0.3, -0.25) is 9.69 Å². The van der Waals surface area contributed by atoms with E-state index in [0.717, 1.165) is 48.2 Å². The summed E-state index contributed by atoms with van der Waals surface area (Å²) >= 11 is 0. The molecule has 2 heterocycles. The summed E-state index contributed by atoms with van der Waals surface area (Å²) in [5.41, 5.74) is 3.21. The number of carbonyl (C=O) groups excluding carboxylic acids is 2. The van der Waals surface area contributed by atoms with Crippen molar-refractivity contribution in [2.45, 2.75) is 44.7 Å². The summed E-state index contributed by atoms with van der Waals surface area (Å²) in [4.78, 5) is 29.6. The van der Waals surface area contributed by atoms with Gasteiger partial charge in [0, 0.05) is 23.9 Å². The van der Waals surface area contributed by atoms with Crippen LogP contribution in [-0.4, -0.2) is 50.8 Å². The summed E-state index contributed by atoms with van der Waals surface area (Å²) in [6.07, 6.45) is 5.80. The van der Waals surface area contributed by atoms with Gasteiger partial charge in [0.1, 0.15) is 5.54 Å². The average Bonchev–Trinajstić information content (AvgIpc) is 3.37. The Bertz CT molecular complexity index is 1180. The summed E-state index contributed by atoms with van der Waals surface area (Å²) in [5.74, 6) is 0.0709. The first-order chi connectivity index (χ1) is 16.5. The Labute approximate surface area is 200 Å². The van der Waals surface area contributed by atoms with Crippen LogP contribution in [0.2, 0.25) is 0 Å². The number of nitrogens with zero attached hydrogens (tertiary/aromatic N) is 4. The van der Waals surface area contributed by atoms with Crippen LogP contribution in [0.1, 0.15) is 38.2 Å². The first-order valence-electron chi connectivity index (χ1n) is 12.0. The fourth-order valence-corrected chi connectivity index (χ4v) is 5.28. The van der Waals surface area contributed by atoms with Crippen molar-refractivity contribution < 1.29 is 9.59 Å². The van der Waals surface area contributed by atoms with E-state index >= 15 is 0 Å². The van der Waals surface area contributed by atoms with Crippen LogP contribution in [0.25, 0.3) is 16.9 Å². The predicted molar refractivity (Wildman–Crippen MR) is 131 cm³/mol. The summed E-state index contributed by atoms with van der Waals surface area (Å²) in [6.45, 7) is 2.87. The quantitative estimate of drug-likeness (QED) is 0.556. The third-order valence-electron chi connectivity index (χ3n) is 7.18. The zero-order valence-corrected chi connectivity index (χ0v) is 19.8. The van der Waals surface area contributed by atoms with Crippen molar-refractivity contribution in [3.8, 4) is 16.9 Å². The molecule has 7 nitrogen and oxygen atoms in total. The molecule has 1 aliphatic heterocycles. The number of hydrogen-bond acceptors (Lipinski definition) is 4. The lowest BCUT2D eigenvalue weighted by Crippen LogP contribution is -2.54. The molecule has 2 fully saturated rings. The Morgan fingerprint density at radius 2 is 1.76 bits per heavy atom. The molecule has 1 saturated carbocycles. The highest BCUT2D eigenvalue weighted by Gasteiger charge is 2.54. The smallest absolute Gasteiger partial charge is 0.323 e. The molecule has 1 spiro atoms. The molecule has 0 bridgehead atoms. The molecule has 0 unspecified atom stereocenters. The summed E-state index contributed by atoms with van der Waals surface area (Å²) < 4.78 is 1.89. The van der Waals surface area contributed by atoms with Crippen LogP contribution in [-0.2, 0) is 11.3 Å². The minimum atomic E-state index is -0.733. The number of nitrogens with one attached hydrogen (secondary N) is 1. The van der Waals surface area contributed by atoms with Crippen LogP contribution in [0.4, 0.5) is 4.79 Å². The molecule has 1 aromatic heterocycles. The van der Waals surface area contributed by atoms with Gasteiger partial charge >= 0.3 is 6.03 Å². The van der Waals surface area contributed by atoms with E-state index in [4.69, 9.17) is 5.10 Å². The van der Waals surface area contributed by atoms with Crippen molar-refractivity contribution in [1.29, 1.82) is 0 Å². The fraction of sp³-hybridized carbons (Fsp3) is 0.370. The second-order valence-electron chi connectivity index (χ2n) is 9.59. The standard InChI is InChI=1S/C27H31N5O2/c1-20-11-9-10-16-27(20)25(33)31(26(34)28-27)19-30(2)17-22-18-32(23-14-7-4-8-15-23)29-24(22)21-12-5-3-6-13-21/h3-8,12-15,18,20H,9-11,16-17,19H2,1-2H3,(H,28,34)/t20-,27-/m0/s1. The van der Waals surface area contributed by atoms with E-state index in [9.17, 15) is 9.59 Å². The van der Waals surface area contributed by atoms with Gasteiger partial charge in [0.25, 0.3) is 5.91 Å². The molecule has 34 heavy (non-hydrogen) atoms. The van der Waals surface area contributed by atoms with Crippen LogP contribution in [0.3, 0.4) is 0 Å². The van der Waals surface area contributed by atoms with Gasteiger partial charge in [-0.15, -0.1) is 0 Å². The van der Waals surface area contributed by atoms with E-state index in [1.54, 1.807) is 0 Å². The lowest BCUT2D eigenvalue weighted by Gasteiger charge is -2.37. The summed E-state index contributed by atoms with van der Waals surface area (Å²) in [7, 11) is 1.94. The molecule has 5 rings (SSSR count). The molecule has 2 aliphatic rings. The van der Waals surface area contributed by atoms with E-state index in [2.05, 4.69) is 12.2 Å². The highest BCUT2D eigenvalue weighted by atomic mass is 16.2. The van der Waals surface area contributed by atoms with Crippen LogP contribution in [0.15, 0.2) is 66.9 Å². The van der Waals surface area contributed by atoms with Crippen molar-refractivity contribution in [3.63, 3.8) is 0 Å². The Balaban J connectivity index is 1.38. The van der Waals surface area contributed by atoms with Gasteiger partial charge in [0.2, 0.25) is 0 Å². The van der Waals surface area contributed by atoms with Crippen LogP contribution in [0.5, 0.6) is 0 Å². The van der Waals surface area contributed by atoms with E-state index in [1.165, 1.54) is 4.90 Å². The van der Waals surface area contributed by atoms with Gasteiger partial charge in [0.05, 0.1) is 18.1 Å². The Kier molecular flexibility index (Phi) is 5.96. The third-order valence-corrected chi connectivity index (χ3v) is 7.18. The number of carbonyl (C=O) groups is 2. The van der Waals surface area contributed by atoms with E-state index in [-0.39, 0.29) is 24.5 Å². The van der Waals surface area contributed by atoms with Crippen LogP contribution < -0.4 is 5.32 Å². The molecule has 2 atom stereocenters. The van der Waals surface area contributed by atoms with Crippen LogP contribution in [0, 0.1) is 5.92 Å². The van der Waals surface area contributed by atoms with Crippen molar-refractivity contribution in [2.75, 3.05) is 13.7 Å². The van der Waals surface area contributed by atoms with Gasteiger partial charge in [-0.2, -0.15) is 5.10 Å². The molecule has 3 aromatic rings. The second kappa shape index (κ2) is 9.06. The zero-order chi connectivity index (χ0) is 23.7. The SMILES string of the molecule is C[C@H]1CCCC[C@]12NC(=O)N(CN(C)Cc1cn(-c3ccccc3)nc1-c1ccccc1)C2=O. The summed E-state index contributed by atoms with van der Waals surface area (Å²) in [5, 5.41) is 7.92. The number of urea groups is 1. The topological polar surface area (TPSA) is 70.5 Å². The molecule has 7 heteroatoms. The molecular weight excluding hydrogens is 426 g/mol. The molecule has 0 radical (unpaired) electrons. The maximum Gasteiger partial charge on any atom is 0.326 e. The lowest BCUT2D eigenvalue weighted by molar-refractivity contribution is -0.135. The van der Waals surface area contributed by atoms with Crippen molar-refractivity contribution in [1.82, 2.24) is 24.9 Å². The fourth-order valence-electron chi connectivity index (χ4n) is 5.28. The largest absolute Gasteiger partial charge is 0.326 e. The predicted octanol–water partition coefficient (Wildman–Crippen LogP) is 4.43. The number of aromatic nitrogens is 2. The summed E-state index contributed by atoms with van der Waals surface area (Å²) in [6, 6.07) is 19.8. The third kappa shape index (κ3) is 4.01. The van der Waals surface area contributed by atoms with E-state index in [1.807, 2.05) is 83.5 Å². The maximum absolute atomic E-state index is 13.4. The number of imide groups is 1. The molecule has 1 aliphatic carbocycles. The molecule has 1 saturated heterocycles. The number of rotatable bonds is 6. The molecule has 2 aromatic carbocycles. The van der Waals surface area contributed by atoms with Crippen LogP contribution >= 0.6 is 0 Å². The Morgan fingerprint density at radius 1 is 1.06 bits per heavy atom. The Morgan fingerprint density at radius 3 is 2.47 bits per heavy atom. The average molecular weight is 458 g/mol. The van der Waals surface area contributed by atoms with Gasteiger partial charge in [0.15, 0.2) is 0 Å². The van der Waals surface area contributed by atoms with Gasteiger partial charge in [-0.1, -0.05) is 68.3 Å². The minimum Gasteiger partial charge on any atom is -0.323 e. The normalized spacial score (nSPS) is 22.6. The van der Waals surface area contributed by atoms with E-state index < -0.39 is 5.54 Å². The first kappa shape index (κ1) is 22.3. The van der Waals surface area contributed by atoms with Crippen molar-refractivity contribution >= 4 is 11.9 Å². The molecular formula is C27H31N5O2. The highest BCUT2D eigenvalue weighted by Crippen LogP contribution is 2.38. The monoisotopic (exact) mass is 457 g/mol. The number of amides is 3. The Hall–Kier alpha value is -3.45. The minimum absolute atomic E-state index is 0.0835. The number of para-hydroxylation sites is 1. The zero-order valence-electron chi connectivity index (χ0n) is 19.8. The maximum atomic E-state index is 13.4. The van der Waals surface area contributed by atoms with Gasteiger partial charge < -0.3 is 5.32 Å². The number of hydrogen-bond donors (Lipinski definition) is 1. The van der Waals surface area contributed by atoms with Gasteiger partial charge in [-0.05, 0) is 37.9 Å². The number of benzene rings is 2. The van der Waals surface area contributed by atoms with Crippen molar-refractivity contribution in [2.24, 2.45) is 5.92 Å². The molecule has 176 valence electrons. The molecule has 1 N–H and O–H groups in total. The van der Waals surface area contributed by atoms with Gasteiger partial charge in [-0.25, -0.2) is 14.4 Å². The second-order valence-corrected chi connectivity index (χ2v) is 9.59. The molecule has 3 amide bonds. The highest BCUT2D eigenvalue weighted by molar-refractivity contribution is 6.07. The lowest BCUT2D eigenvalue weighted by atomic mass is 9.73. The van der Waals surface area contributed by atoms with E-state index in [0.29, 0.717) is 6.54 Å². The van der Waals surface area contributed by atoms with Crippen molar-refractivity contribution in [3.05, 3.63) is 72.4 Å². The first-order valence-corrected chi connectivity index (χ1v) is 12.0.